The number of hydrogen-bond acceptors (Lipinski definition) is 4. The van der Waals surface area contributed by atoms with Crippen molar-refractivity contribution in [3.05, 3.63) is 83.3 Å². The van der Waals surface area contributed by atoms with E-state index in [2.05, 4.69) is 5.32 Å². The molecule has 2 unspecified atom stereocenters. The lowest BCUT2D eigenvalue weighted by atomic mass is 9.65. The number of benzene rings is 2. The monoisotopic (exact) mass is 547 g/mol. The molecule has 1 spiro atoms. The molecular weight excluding hydrogens is 509 g/mol. The van der Waals surface area contributed by atoms with Crippen molar-refractivity contribution < 1.29 is 23.9 Å². The lowest BCUT2D eigenvalue weighted by molar-refractivity contribution is -0.164. The van der Waals surface area contributed by atoms with E-state index in [4.69, 9.17) is 0 Å². The van der Waals surface area contributed by atoms with E-state index in [9.17, 15) is 23.9 Å². The normalized spacial score (nSPS) is 24.2. The highest BCUT2D eigenvalue weighted by Gasteiger charge is 2.56. The number of aryl methyl sites for hydroxylation is 1. The summed E-state index contributed by atoms with van der Waals surface area (Å²) in [6, 6.07) is 15.8. The standard InChI is InChI=1S/C32H38FN3O4/c1-34-30(39)27-20-36(29(38)19-26(27)24-7-3-2-4-8-24)22-32(40)17-18-35(21-31(32)15-5-6-16-31)28(37)14-11-23-9-12-25(33)13-10-23/h2-4,7-10,12-13,20,26,40H,5-6,11,14-19,21-22H2,1H3,(H,34,39). The average molecular weight is 548 g/mol. The molecule has 2 aromatic rings. The summed E-state index contributed by atoms with van der Waals surface area (Å²) in [6.07, 6.45) is 6.49. The second-order valence-electron chi connectivity index (χ2n) is 11.6. The maximum absolute atomic E-state index is 13.4. The molecule has 1 saturated carbocycles. The Bertz CT molecular complexity index is 1270. The molecular formula is C32H38FN3O4. The number of aliphatic hydroxyl groups is 1. The summed E-state index contributed by atoms with van der Waals surface area (Å²) in [5, 5.41) is 14.9. The Hall–Kier alpha value is -3.52. The van der Waals surface area contributed by atoms with Crippen LogP contribution in [0, 0.1) is 11.2 Å². The highest BCUT2D eigenvalue weighted by atomic mass is 19.1. The quantitative estimate of drug-likeness (QED) is 0.550. The molecule has 2 fully saturated rings. The van der Waals surface area contributed by atoms with Crippen LogP contribution in [0.15, 0.2) is 66.4 Å². The third kappa shape index (κ3) is 5.55. The van der Waals surface area contributed by atoms with Crippen LogP contribution >= 0.6 is 0 Å². The zero-order valence-electron chi connectivity index (χ0n) is 23.1. The van der Waals surface area contributed by atoms with Crippen molar-refractivity contribution >= 4 is 17.7 Å². The second-order valence-corrected chi connectivity index (χ2v) is 11.6. The van der Waals surface area contributed by atoms with Crippen LogP contribution in [0.1, 0.15) is 62.0 Å². The molecule has 212 valence electrons. The van der Waals surface area contributed by atoms with E-state index < -0.39 is 11.0 Å². The number of amides is 3. The zero-order chi connectivity index (χ0) is 28.3. The Kier molecular flexibility index (Phi) is 8.08. The molecule has 0 radical (unpaired) electrons. The van der Waals surface area contributed by atoms with Gasteiger partial charge >= 0.3 is 0 Å². The van der Waals surface area contributed by atoms with Gasteiger partial charge in [-0.05, 0) is 48.9 Å². The van der Waals surface area contributed by atoms with Crippen molar-refractivity contribution in [1.82, 2.24) is 15.1 Å². The van der Waals surface area contributed by atoms with Gasteiger partial charge in [0, 0.05) is 56.1 Å². The molecule has 2 heterocycles. The van der Waals surface area contributed by atoms with Crippen molar-refractivity contribution in [3.8, 4) is 0 Å². The molecule has 2 aliphatic heterocycles. The van der Waals surface area contributed by atoms with E-state index >= 15 is 0 Å². The van der Waals surface area contributed by atoms with Crippen molar-refractivity contribution in [2.45, 2.75) is 62.9 Å². The van der Waals surface area contributed by atoms with Gasteiger partial charge < -0.3 is 20.2 Å². The number of hydrogen-bond donors (Lipinski definition) is 2. The minimum atomic E-state index is -1.17. The molecule has 2 N–H and O–H groups in total. The fourth-order valence-corrected chi connectivity index (χ4v) is 6.86. The molecule has 2 aromatic carbocycles. The first-order valence-corrected chi connectivity index (χ1v) is 14.3. The SMILES string of the molecule is CNC(=O)C1=CN(CC2(O)CCN(C(=O)CCc3ccc(F)cc3)CC23CCCC3)C(=O)CC1c1ccccc1. The number of β-amino-alcohol motifs (C(OH)–C–C–N with tert-alkyl or cyclic N) is 1. The van der Waals surface area contributed by atoms with Gasteiger partial charge in [0.1, 0.15) is 5.82 Å². The molecule has 7 nitrogen and oxygen atoms in total. The van der Waals surface area contributed by atoms with Crippen molar-refractivity contribution in [1.29, 1.82) is 0 Å². The molecule has 1 aliphatic carbocycles. The van der Waals surface area contributed by atoms with E-state index in [1.807, 2.05) is 35.2 Å². The molecule has 5 rings (SSSR count). The average Bonchev–Trinajstić information content (AvgIpc) is 3.45. The summed E-state index contributed by atoms with van der Waals surface area (Å²) in [4.78, 5) is 42.9. The minimum Gasteiger partial charge on any atom is -0.387 e. The van der Waals surface area contributed by atoms with Crippen LogP contribution < -0.4 is 5.32 Å². The lowest BCUT2D eigenvalue weighted by Crippen LogP contribution is -2.64. The van der Waals surface area contributed by atoms with Crippen molar-refractivity contribution in [2.24, 2.45) is 5.41 Å². The summed E-state index contributed by atoms with van der Waals surface area (Å²) in [6.45, 7) is 0.957. The fourth-order valence-electron chi connectivity index (χ4n) is 6.86. The summed E-state index contributed by atoms with van der Waals surface area (Å²) in [5.41, 5.74) is 0.648. The van der Waals surface area contributed by atoms with E-state index in [1.165, 1.54) is 17.0 Å². The first-order valence-electron chi connectivity index (χ1n) is 14.3. The Morgan fingerprint density at radius 2 is 1.75 bits per heavy atom. The fraction of sp³-hybridized carbons (Fsp3) is 0.469. The number of likely N-dealkylation sites (N-methyl/N-ethyl adjacent to an activating group) is 1. The Balaban J connectivity index is 1.33. The first-order chi connectivity index (χ1) is 19.2. The maximum atomic E-state index is 13.4. The van der Waals surface area contributed by atoms with Gasteiger partial charge in [0.15, 0.2) is 0 Å². The van der Waals surface area contributed by atoms with Gasteiger partial charge in [-0.25, -0.2) is 4.39 Å². The number of nitrogens with zero attached hydrogens (tertiary/aromatic N) is 2. The van der Waals surface area contributed by atoms with Crippen LogP contribution in [0.3, 0.4) is 0 Å². The number of likely N-dealkylation sites (tertiary alicyclic amines) is 1. The number of piperidine rings is 1. The third-order valence-corrected chi connectivity index (χ3v) is 9.22. The van der Waals surface area contributed by atoms with Crippen molar-refractivity contribution in [3.63, 3.8) is 0 Å². The predicted octanol–water partition coefficient (Wildman–Crippen LogP) is 3.93. The molecule has 1 saturated heterocycles. The molecule has 3 amide bonds. The summed E-state index contributed by atoms with van der Waals surface area (Å²) >= 11 is 0. The van der Waals surface area contributed by atoms with E-state index in [-0.39, 0.29) is 42.4 Å². The molecule has 40 heavy (non-hydrogen) atoms. The van der Waals surface area contributed by atoms with E-state index in [0.717, 1.165) is 36.8 Å². The van der Waals surface area contributed by atoms with Crippen LogP contribution in [0.25, 0.3) is 0 Å². The highest BCUT2D eigenvalue weighted by molar-refractivity contribution is 5.98. The van der Waals surface area contributed by atoms with Crippen LogP contribution in [0.2, 0.25) is 0 Å². The molecule has 0 bridgehead atoms. The van der Waals surface area contributed by atoms with Gasteiger partial charge in [-0.3, -0.25) is 14.4 Å². The number of nitrogens with one attached hydrogen (secondary N) is 1. The van der Waals surface area contributed by atoms with Crippen molar-refractivity contribution in [2.75, 3.05) is 26.7 Å². The van der Waals surface area contributed by atoms with Gasteiger partial charge in [0.05, 0.1) is 12.1 Å². The second kappa shape index (κ2) is 11.5. The number of carbonyl (C=O) groups excluding carboxylic acids is 3. The Morgan fingerprint density at radius 3 is 2.42 bits per heavy atom. The van der Waals surface area contributed by atoms with Gasteiger partial charge in [-0.2, -0.15) is 0 Å². The van der Waals surface area contributed by atoms with Gasteiger partial charge in [0.2, 0.25) is 17.7 Å². The first kappa shape index (κ1) is 28.0. The molecule has 2 atom stereocenters. The van der Waals surface area contributed by atoms with Crippen LogP contribution in [0.4, 0.5) is 4.39 Å². The number of carbonyl (C=O) groups is 3. The number of halogens is 1. The summed E-state index contributed by atoms with van der Waals surface area (Å²) < 4.78 is 13.2. The smallest absolute Gasteiger partial charge is 0.249 e. The van der Waals surface area contributed by atoms with E-state index in [1.54, 1.807) is 25.4 Å². The predicted molar refractivity (Wildman–Crippen MR) is 149 cm³/mol. The minimum absolute atomic E-state index is 0.0270. The topological polar surface area (TPSA) is 90.0 Å². The summed E-state index contributed by atoms with van der Waals surface area (Å²) in [7, 11) is 1.58. The van der Waals surface area contributed by atoms with Crippen LogP contribution in [0.5, 0.6) is 0 Å². The van der Waals surface area contributed by atoms with Crippen LogP contribution in [-0.2, 0) is 20.8 Å². The van der Waals surface area contributed by atoms with E-state index in [0.29, 0.717) is 37.9 Å². The largest absolute Gasteiger partial charge is 0.387 e. The van der Waals surface area contributed by atoms with Gasteiger partial charge in [-0.15, -0.1) is 0 Å². The van der Waals surface area contributed by atoms with Crippen LogP contribution in [-0.4, -0.2) is 64.9 Å². The maximum Gasteiger partial charge on any atom is 0.249 e. The van der Waals surface area contributed by atoms with Gasteiger partial charge in [-0.1, -0.05) is 55.3 Å². The number of rotatable bonds is 7. The molecule has 8 heteroatoms. The van der Waals surface area contributed by atoms with Gasteiger partial charge in [0.25, 0.3) is 0 Å². The highest BCUT2D eigenvalue weighted by Crippen LogP contribution is 2.51. The third-order valence-electron chi connectivity index (χ3n) is 9.22. The molecule has 3 aliphatic rings. The zero-order valence-corrected chi connectivity index (χ0v) is 23.1. The lowest BCUT2D eigenvalue weighted by Gasteiger charge is -2.53. The Labute approximate surface area is 235 Å². The summed E-state index contributed by atoms with van der Waals surface area (Å²) in [5.74, 6) is -0.982. The Morgan fingerprint density at radius 1 is 1.05 bits per heavy atom. The molecule has 0 aromatic heterocycles.